The van der Waals surface area contributed by atoms with Crippen LogP contribution in [0.2, 0.25) is 0 Å². The first kappa shape index (κ1) is 12.7. The van der Waals surface area contributed by atoms with E-state index in [0.717, 1.165) is 5.56 Å². The van der Waals surface area contributed by atoms with Crippen molar-refractivity contribution >= 4 is 17.3 Å². The zero-order valence-electron chi connectivity index (χ0n) is 10.7. The summed E-state index contributed by atoms with van der Waals surface area (Å²) < 4.78 is 0. The third-order valence-electron chi connectivity index (χ3n) is 3.77. The second kappa shape index (κ2) is 4.48. The molecule has 1 aromatic carbocycles. The number of Topliss-reactive ketones (excluding diaryl/α,β-unsaturated/α-hetero) is 3. The molecule has 0 saturated heterocycles. The maximum absolute atomic E-state index is 12.4. The topological polar surface area (TPSA) is 51.2 Å². The largest absolute Gasteiger partial charge is 0.300 e. The molecule has 3 nitrogen and oxygen atoms in total. The summed E-state index contributed by atoms with van der Waals surface area (Å²) in [5, 5.41) is 0. The molecule has 0 amide bonds. The second-order valence-electron chi connectivity index (χ2n) is 5.00. The van der Waals surface area contributed by atoms with Crippen molar-refractivity contribution in [3.8, 4) is 0 Å². The monoisotopic (exact) mass is 244 g/mol. The van der Waals surface area contributed by atoms with E-state index in [4.69, 9.17) is 0 Å². The summed E-state index contributed by atoms with van der Waals surface area (Å²) in [6.07, 6.45) is 1.04. The third kappa shape index (κ3) is 1.90. The van der Waals surface area contributed by atoms with Crippen LogP contribution in [0.15, 0.2) is 24.3 Å². The predicted octanol–water partition coefficient (Wildman–Crippen LogP) is 2.37. The van der Waals surface area contributed by atoms with E-state index in [9.17, 15) is 14.4 Å². The molecule has 1 unspecified atom stereocenters. The SMILES string of the molecule is CC(=O)CCC1(C(C)=O)Cc2ccccc2C1=O. The van der Waals surface area contributed by atoms with Crippen LogP contribution >= 0.6 is 0 Å². The molecule has 18 heavy (non-hydrogen) atoms. The highest BCUT2D eigenvalue weighted by molar-refractivity contribution is 6.17. The Kier molecular flexibility index (Phi) is 3.16. The number of benzene rings is 1. The summed E-state index contributed by atoms with van der Waals surface area (Å²) in [5.41, 5.74) is 0.549. The second-order valence-corrected chi connectivity index (χ2v) is 5.00. The minimum absolute atomic E-state index is 0.0133. The van der Waals surface area contributed by atoms with Gasteiger partial charge in [0.05, 0.1) is 5.41 Å². The van der Waals surface area contributed by atoms with Crippen molar-refractivity contribution in [2.45, 2.75) is 33.1 Å². The normalized spacial score (nSPS) is 21.8. The van der Waals surface area contributed by atoms with E-state index < -0.39 is 5.41 Å². The molecule has 3 heteroatoms. The van der Waals surface area contributed by atoms with E-state index in [1.54, 1.807) is 12.1 Å². The molecule has 0 bridgehead atoms. The van der Waals surface area contributed by atoms with E-state index in [2.05, 4.69) is 0 Å². The quantitative estimate of drug-likeness (QED) is 0.764. The van der Waals surface area contributed by atoms with Crippen molar-refractivity contribution in [2.75, 3.05) is 0 Å². The van der Waals surface area contributed by atoms with Crippen molar-refractivity contribution in [1.82, 2.24) is 0 Å². The average molecular weight is 244 g/mol. The van der Waals surface area contributed by atoms with Gasteiger partial charge in [0.2, 0.25) is 0 Å². The highest BCUT2D eigenvalue weighted by Crippen LogP contribution is 2.41. The molecular formula is C15H16O3. The van der Waals surface area contributed by atoms with Gasteiger partial charge in [0.15, 0.2) is 5.78 Å². The maximum Gasteiger partial charge on any atom is 0.176 e. The lowest BCUT2D eigenvalue weighted by Crippen LogP contribution is -2.36. The Morgan fingerprint density at radius 1 is 1.22 bits per heavy atom. The fraction of sp³-hybridized carbons (Fsp3) is 0.400. The van der Waals surface area contributed by atoms with Crippen LogP contribution in [-0.4, -0.2) is 17.3 Å². The molecule has 1 aliphatic carbocycles. The molecule has 0 N–H and O–H groups in total. The minimum Gasteiger partial charge on any atom is -0.300 e. The molecule has 0 spiro atoms. The van der Waals surface area contributed by atoms with Gasteiger partial charge in [-0.25, -0.2) is 0 Å². The lowest BCUT2D eigenvalue weighted by Gasteiger charge is -2.23. The Morgan fingerprint density at radius 2 is 1.89 bits per heavy atom. The molecule has 0 aliphatic heterocycles. The summed E-state index contributed by atoms with van der Waals surface area (Å²) in [7, 11) is 0. The predicted molar refractivity (Wildman–Crippen MR) is 67.5 cm³/mol. The van der Waals surface area contributed by atoms with Crippen LogP contribution in [0.1, 0.15) is 42.6 Å². The number of ketones is 3. The molecule has 0 fully saturated rings. The van der Waals surface area contributed by atoms with Crippen LogP contribution < -0.4 is 0 Å². The van der Waals surface area contributed by atoms with E-state index in [1.807, 2.05) is 12.1 Å². The van der Waals surface area contributed by atoms with Gasteiger partial charge in [-0.05, 0) is 32.3 Å². The maximum atomic E-state index is 12.4. The highest BCUT2D eigenvalue weighted by atomic mass is 16.2. The van der Waals surface area contributed by atoms with Crippen LogP contribution in [0.5, 0.6) is 0 Å². The van der Waals surface area contributed by atoms with Gasteiger partial charge >= 0.3 is 0 Å². The first-order valence-corrected chi connectivity index (χ1v) is 6.10. The first-order valence-electron chi connectivity index (χ1n) is 6.10. The molecule has 1 aromatic rings. The van der Waals surface area contributed by atoms with Gasteiger partial charge in [-0.15, -0.1) is 0 Å². The summed E-state index contributed by atoms with van der Waals surface area (Å²) in [6, 6.07) is 7.31. The molecule has 0 saturated carbocycles. The van der Waals surface area contributed by atoms with Gasteiger partial charge < -0.3 is 4.79 Å². The molecule has 94 valence electrons. The number of hydrogen-bond acceptors (Lipinski definition) is 3. The molecule has 1 aliphatic rings. The fourth-order valence-corrected chi connectivity index (χ4v) is 2.61. The van der Waals surface area contributed by atoms with Crippen molar-refractivity contribution in [2.24, 2.45) is 5.41 Å². The van der Waals surface area contributed by atoms with E-state index >= 15 is 0 Å². The van der Waals surface area contributed by atoms with Gasteiger partial charge in [-0.1, -0.05) is 24.3 Å². The van der Waals surface area contributed by atoms with Crippen molar-refractivity contribution in [3.63, 3.8) is 0 Å². The third-order valence-corrected chi connectivity index (χ3v) is 3.77. The Morgan fingerprint density at radius 3 is 2.44 bits per heavy atom. The molecule has 2 rings (SSSR count). The van der Waals surface area contributed by atoms with E-state index in [0.29, 0.717) is 18.4 Å². The number of carbonyl (C=O) groups is 3. The van der Waals surface area contributed by atoms with Gasteiger partial charge in [-0.3, -0.25) is 9.59 Å². The number of rotatable bonds is 4. The van der Waals surface area contributed by atoms with Crippen LogP contribution in [0.4, 0.5) is 0 Å². The summed E-state index contributed by atoms with van der Waals surface area (Å²) in [6.45, 7) is 2.93. The van der Waals surface area contributed by atoms with Crippen LogP contribution in [-0.2, 0) is 16.0 Å². The standard InChI is InChI=1S/C15H16O3/c1-10(16)7-8-15(11(2)17)9-12-5-3-4-6-13(12)14(15)18/h3-6H,7-9H2,1-2H3. The van der Waals surface area contributed by atoms with E-state index in [1.165, 1.54) is 13.8 Å². The minimum atomic E-state index is -1.00. The fourth-order valence-electron chi connectivity index (χ4n) is 2.61. The zero-order chi connectivity index (χ0) is 13.3. The average Bonchev–Trinajstić information content (AvgIpc) is 2.62. The summed E-state index contributed by atoms with van der Waals surface area (Å²) in [5.74, 6) is -0.240. The lowest BCUT2D eigenvalue weighted by molar-refractivity contribution is -0.124. The number of fused-ring (bicyclic) bond motifs is 1. The Hall–Kier alpha value is -1.77. The molecular weight excluding hydrogens is 228 g/mol. The molecule has 0 heterocycles. The van der Waals surface area contributed by atoms with Gasteiger partial charge in [0.25, 0.3) is 0 Å². The summed E-state index contributed by atoms with van der Waals surface area (Å²) >= 11 is 0. The van der Waals surface area contributed by atoms with Gasteiger partial charge in [0, 0.05) is 12.0 Å². The van der Waals surface area contributed by atoms with Gasteiger partial charge in [-0.2, -0.15) is 0 Å². The van der Waals surface area contributed by atoms with Crippen molar-refractivity contribution in [1.29, 1.82) is 0 Å². The molecule has 0 aromatic heterocycles. The lowest BCUT2D eigenvalue weighted by atomic mass is 9.75. The Balaban J connectivity index is 2.38. The van der Waals surface area contributed by atoms with Crippen LogP contribution in [0, 0.1) is 5.41 Å². The smallest absolute Gasteiger partial charge is 0.176 e. The van der Waals surface area contributed by atoms with Crippen LogP contribution in [0.3, 0.4) is 0 Å². The number of hydrogen-bond donors (Lipinski definition) is 0. The Bertz CT molecular complexity index is 530. The summed E-state index contributed by atoms with van der Waals surface area (Å²) in [4.78, 5) is 35.5. The van der Waals surface area contributed by atoms with Crippen LogP contribution in [0.25, 0.3) is 0 Å². The zero-order valence-corrected chi connectivity index (χ0v) is 10.7. The highest BCUT2D eigenvalue weighted by Gasteiger charge is 2.48. The molecule has 1 atom stereocenters. The van der Waals surface area contributed by atoms with Crippen molar-refractivity contribution in [3.05, 3.63) is 35.4 Å². The van der Waals surface area contributed by atoms with E-state index in [-0.39, 0.29) is 23.8 Å². The van der Waals surface area contributed by atoms with Crippen molar-refractivity contribution < 1.29 is 14.4 Å². The first-order chi connectivity index (χ1) is 8.47. The Labute approximate surface area is 106 Å². The van der Waals surface area contributed by atoms with Gasteiger partial charge in [0.1, 0.15) is 11.6 Å². The number of carbonyl (C=O) groups excluding carboxylic acids is 3. The molecule has 0 radical (unpaired) electrons.